The van der Waals surface area contributed by atoms with Crippen LogP contribution in [0, 0.1) is 35.3 Å². The third kappa shape index (κ3) is 3.75. The number of carbonyl (C=O) groups is 1. The van der Waals surface area contributed by atoms with Crippen LogP contribution in [0.5, 0.6) is 0 Å². The van der Waals surface area contributed by atoms with Gasteiger partial charge >= 0.3 is 5.97 Å². The average molecular weight is 493 g/mol. The Hall–Kier alpha value is -3.69. The predicted molar refractivity (Wildman–Crippen MR) is 128 cm³/mol. The molecule has 2 bridgehead atoms. The van der Waals surface area contributed by atoms with Gasteiger partial charge in [0.05, 0.1) is 24.0 Å². The second-order valence-electron chi connectivity index (χ2n) is 9.90. The maximum Gasteiger partial charge on any atom is 0.307 e. The second kappa shape index (κ2) is 8.76. The Kier molecular flexibility index (Phi) is 5.54. The molecule has 7 rings (SSSR count). The van der Waals surface area contributed by atoms with Crippen LogP contribution in [0.2, 0.25) is 0 Å². The van der Waals surface area contributed by atoms with Crippen molar-refractivity contribution < 1.29 is 18.7 Å². The van der Waals surface area contributed by atoms with Crippen molar-refractivity contribution in [3.8, 4) is 22.6 Å². The maximum atomic E-state index is 16.0. The SMILES string of the molecule is CCn1cc(-c2nc(-c3c[nH]c4ncc(F)cc34)nc(CC3C4CCC(CC4)C3C(=O)O)c2F)cn1. The highest BCUT2D eigenvalue weighted by atomic mass is 19.1. The van der Waals surface area contributed by atoms with Gasteiger partial charge in [-0.15, -0.1) is 0 Å². The third-order valence-electron chi connectivity index (χ3n) is 7.99. The molecule has 3 fully saturated rings. The lowest BCUT2D eigenvalue weighted by atomic mass is 9.57. The summed E-state index contributed by atoms with van der Waals surface area (Å²) < 4.78 is 31.7. The van der Waals surface area contributed by atoms with Crippen LogP contribution < -0.4 is 0 Å². The molecule has 0 aromatic carbocycles. The largest absolute Gasteiger partial charge is 0.481 e. The van der Waals surface area contributed by atoms with Crippen LogP contribution in [0.4, 0.5) is 8.78 Å². The van der Waals surface area contributed by atoms with E-state index in [2.05, 4.69) is 25.0 Å². The van der Waals surface area contributed by atoms with Gasteiger partial charge in [0.2, 0.25) is 0 Å². The van der Waals surface area contributed by atoms with E-state index in [1.54, 1.807) is 23.3 Å². The number of nitrogens with zero attached hydrogens (tertiary/aromatic N) is 5. The minimum atomic E-state index is -0.813. The summed E-state index contributed by atoms with van der Waals surface area (Å²) >= 11 is 0. The molecule has 0 aliphatic heterocycles. The number of nitrogens with one attached hydrogen (secondary N) is 1. The van der Waals surface area contributed by atoms with Crippen molar-refractivity contribution in [1.82, 2.24) is 29.7 Å². The quantitative estimate of drug-likeness (QED) is 0.398. The monoisotopic (exact) mass is 492 g/mol. The van der Waals surface area contributed by atoms with Crippen LogP contribution in [0.3, 0.4) is 0 Å². The first-order chi connectivity index (χ1) is 17.4. The van der Waals surface area contributed by atoms with Gasteiger partial charge in [-0.1, -0.05) is 0 Å². The first kappa shape index (κ1) is 22.8. The highest BCUT2D eigenvalue weighted by molar-refractivity contribution is 5.91. The number of carboxylic acids is 1. The fourth-order valence-electron chi connectivity index (χ4n) is 6.24. The van der Waals surface area contributed by atoms with E-state index < -0.39 is 23.5 Å². The molecule has 0 saturated heterocycles. The number of aromatic amines is 1. The first-order valence-electron chi connectivity index (χ1n) is 12.4. The number of fused-ring (bicyclic) bond motifs is 4. The molecule has 4 heterocycles. The van der Waals surface area contributed by atoms with Gasteiger partial charge in [-0.25, -0.2) is 23.7 Å². The molecule has 186 valence electrons. The van der Waals surface area contributed by atoms with Crippen molar-refractivity contribution in [1.29, 1.82) is 0 Å². The van der Waals surface area contributed by atoms with E-state index in [-0.39, 0.29) is 41.4 Å². The van der Waals surface area contributed by atoms with Gasteiger partial charge in [-0.05, 0) is 62.8 Å². The Balaban J connectivity index is 1.49. The Morgan fingerprint density at radius 3 is 2.67 bits per heavy atom. The molecule has 8 nitrogen and oxygen atoms in total. The van der Waals surface area contributed by atoms with Crippen LogP contribution in [0.1, 0.15) is 38.3 Å². The lowest BCUT2D eigenvalue weighted by molar-refractivity contribution is -0.152. The molecule has 2 N–H and O–H groups in total. The molecule has 0 spiro atoms. The van der Waals surface area contributed by atoms with E-state index in [0.717, 1.165) is 31.9 Å². The number of aryl methyl sites for hydroxylation is 1. The average Bonchev–Trinajstić information content (AvgIpc) is 3.53. The van der Waals surface area contributed by atoms with Crippen LogP contribution in [-0.2, 0) is 17.8 Å². The van der Waals surface area contributed by atoms with Crippen molar-refractivity contribution >= 4 is 17.0 Å². The van der Waals surface area contributed by atoms with E-state index in [1.165, 1.54) is 6.07 Å². The number of aliphatic carboxylic acids is 1. The zero-order valence-electron chi connectivity index (χ0n) is 19.8. The number of halogens is 2. The van der Waals surface area contributed by atoms with Crippen LogP contribution in [0.25, 0.3) is 33.7 Å². The number of aromatic nitrogens is 6. The standard InChI is InChI=1S/C26H26F2N6O2/c1-2-34-12-15(9-31-34)23-22(28)20(8-17-13-3-5-14(6-4-13)21(17)26(35)36)32-25(33-23)19-11-30-24-18(19)7-16(27)10-29-24/h7,9-14,17,21H,2-6,8H2,1H3,(H,29,30)(H,35,36). The van der Waals surface area contributed by atoms with Gasteiger partial charge in [0.25, 0.3) is 0 Å². The van der Waals surface area contributed by atoms with Gasteiger partial charge < -0.3 is 10.1 Å². The van der Waals surface area contributed by atoms with Crippen molar-refractivity contribution in [2.45, 2.75) is 45.6 Å². The lowest BCUT2D eigenvalue weighted by Gasteiger charge is -2.46. The smallest absolute Gasteiger partial charge is 0.307 e. The predicted octanol–water partition coefficient (Wildman–Crippen LogP) is 4.86. The molecular formula is C26H26F2N6O2. The van der Waals surface area contributed by atoms with Crippen molar-refractivity contribution in [2.75, 3.05) is 0 Å². The Bertz CT molecular complexity index is 1460. The number of hydrogen-bond acceptors (Lipinski definition) is 5. The molecular weight excluding hydrogens is 466 g/mol. The molecule has 3 saturated carbocycles. The summed E-state index contributed by atoms with van der Waals surface area (Å²) in [6.45, 7) is 2.55. The number of rotatable bonds is 6. The molecule has 2 atom stereocenters. The Morgan fingerprint density at radius 1 is 1.17 bits per heavy atom. The molecule has 4 aromatic heterocycles. The van der Waals surface area contributed by atoms with E-state index in [4.69, 9.17) is 0 Å². The van der Waals surface area contributed by atoms with Crippen molar-refractivity contribution in [3.05, 3.63) is 48.2 Å². The number of H-pyrrole nitrogens is 1. The van der Waals surface area contributed by atoms with Gasteiger partial charge in [-0.2, -0.15) is 5.10 Å². The summed E-state index contributed by atoms with van der Waals surface area (Å²) in [7, 11) is 0. The topological polar surface area (TPSA) is 110 Å². The van der Waals surface area contributed by atoms with Gasteiger partial charge in [0.1, 0.15) is 17.2 Å². The minimum absolute atomic E-state index is 0.0984. The molecule has 2 unspecified atom stereocenters. The molecule has 3 aliphatic rings. The molecule has 3 aliphatic carbocycles. The molecule has 10 heteroatoms. The van der Waals surface area contributed by atoms with Crippen LogP contribution in [0.15, 0.2) is 30.9 Å². The van der Waals surface area contributed by atoms with Crippen LogP contribution in [-0.4, -0.2) is 40.8 Å². The van der Waals surface area contributed by atoms with E-state index >= 15 is 4.39 Å². The fourth-order valence-corrected chi connectivity index (χ4v) is 6.24. The molecule has 4 aromatic rings. The maximum absolute atomic E-state index is 16.0. The fraction of sp³-hybridized carbons (Fsp3) is 0.423. The minimum Gasteiger partial charge on any atom is -0.481 e. The Labute approximate surface area is 205 Å². The van der Waals surface area contributed by atoms with Crippen molar-refractivity contribution in [2.24, 2.45) is 23.7 Å². The molecule has 36 heavy (non-hydrogen) atoms. The summed E-state index contributed by atoms with van der Waals surface area (Å²) in [5.74, 6) is -2.00. The first-order valence-corrected chi connectivity index (χ1v) is 12.4. The zero-order valence-corrected chi connectivity index (χ0v) is 19.8. The van der Waals surface area contributed by atoms with Crippen molar-refractivity contribution in [3.63, 3.8) is 0 Å². The highest BCUT2D eigenvalue weighted by Gasteiger charge is 2.47. The van der Waals surface area contributed by atoms with Gasteiger partial charge in [-0.3, -0.25) is 9.48 Å². The van der Waals surface area contributed by atoms with Crippen LogP contribution >= 0.6 is 0 Å². The molecule has 0 amide bonds. The van der Waals surface area contributed by atoms with Gasteiger partial charge in [0.15, 0.2) is 11.6 Å². The summed E-state index contributed by atoms with van der Waals surface area (Å²) in [5, 5.41) is 14.8. The summed E-state index contributed by atoms with van der Waals surface area (Å²) in [6.07, 6.45) is 9.98. The zero-order chi connectivity index (χ0) is 25.0. The highest BCUT2D eigenvalue weighted by Crippen LogP contribution is 2.50. The second-order valence-corrected chi connectivity index (χ2v) is 9.90. The van der Waals surface area contributed by atoms with E-state index in [0.29, 0.717) is 28.7 Å². The normalized spacial score (nSPS) is 23.4. The number of carboxylic acid groups (broad SMARTS) is 1. The number of pyridine rings is 1. The summed E-state index contributed by atoms with van der Waals surface area (Å²) in [4.78, 5) is 28.4. The van der Waals surface area contributed by atoms with E-state index in [1.807, 2.05) is 6.92 Å². The lowest BCUT2D eigenvalue weighted by Crippen LogP contribution is -2.45. The summed E-state index contributed by atoms with van der Waals surface area (Å²) in [5.41, 5.74) is 1.76. The summed E-state index contributed by atoms with van der Waals surface area (Å²) in [6, 6.07) is 1.34. The van der Waals surface area contributed by atoms with E-state index in [9.17, 15) is 14.3 Å². The third-order valence-corrected chi connectivity index (χ3v) is 7.99. The van der Waals surface area contributed by atoms with Gasteiger partial charge in [0, 0.05) is 35.5 Å². The number of hydrogen-bond donors (Lipinski definition) is 2. The molecule has 0 radical (unpaired) electrons. The Morgan fingerprint density at radius 2 is 1.94 bits per heavy atom.